The van der Waals surface area contributed by atoms with Crippen molar-refractivity contribution < 1.29 is 19.4 Å². The Bertz CT molecular complexity index is 1500. The Kier molecular flexibility index (Phi) is 8.63. The second-order valence-corrected chi connectivity index (χ2v) is 11.1. The fourth-order valence-corrected chi connectivity index (χ4v) is 5.43. The number of carboxylic acid groups (broad SMARTS) is 1. The zero-order valence-electron chi connectivity index (χ0n) is 21.5. The van der Waals surface area contributed by atoms with E-state index in [2.05, 4.69) is 18.8 Å². The highest BCUT2D eigenvalue weighted by atomic mass is 32.2. The molecule has 0 aliphatic carbocycles. The maximum Gasteiger partial charge on any atom is 0.303 e. The standard InChI is InChI=1S/C28H29N3O5S2/c1-17(2)19-12-11-18(3)15-21(19)36-25-20(26(34)30-13-8-6-9-23(30)29-25)16-22-27(35)31(28(37)38-22)14-7-4-5-10-24(32)33/h6,8-9,11-13,15-17H,4-5,7,10,14H2,1-3H3,(H,32,33)/b22-16+. The molecule has 0 spiro atoms. The molecule has 4 rings (SSSR count). The molecule has 0 saturated carbocycles. The zero-order valence-corrected chi connectivity index (χ0v) is 23.1. The van der Waals surface area contributed by atoms with Gasteiger partial charge >= 0.3 is 5.97 Å². The topological polar surface area (TPSA) is 101 Å². The van der Waals surface area contributed by atoms with E-state index in [1.165, 1.54) is 15.4 Å². The quantitative estimate of drug-likeness (QED) is 0.193. The third-order valence-corrected chi connectivity index (χ3v) is 7.53. The van der Waals surface area contributed by atoms with Crippen LogP contribution in [0.3, 0.4) is 0 Å². The summed E-state index contributed by atoms with van der Waals surface area (Å²) in [6.45, 7) is 6.48. The van der Waals surface area contributed by atoms with E-state index in [0.717, 1.165) is 22.9 Å². The van der Waals surface area contributed by atoms with Gasteiger partial charge in [0.2, 0.25) is 5.88 Å². The molecule has 0 atom stereocenters. The van der Waals surface area contributed by atoms with Crippen LogP contribution < -0.4 is 10.3 Å². The minimum absolute atomic E-state index is 0.0967. The number of aryl methyl sites for hydroxylation is 1. The van der Waals surface area contributed by atoms with Gasteiger partial charge in [0.25, 0.3) is 11.5 Å². The van der Waals surface area contributed by atoms with Crippen LogP contribution in [0.15, 0.2) is 52.3 Å². The lowest BCUT2D eigenvalue weighted by Crippen LogP contribution is -2.29. The Morgan fingerprint density at radius 3 is 2.71 bits per heavy atom. The molecule has 1 aliphatic heterocycles. The van der Waals surface area contributed by atoms with Gasteiger partial charge in [-0.3, -0.25) is 23.7 Å². The van der Waals surface area contributed by atoms with E-state index in [0.29, 0.717) is 46.4 Å². The van der Waals surface area contributed by atoms with E-state index in [4.69, 9.17) is 22.1 Å². The Morgan fingerprint density at radius 1 is 1.18 bits per heavy atom. The van der Waals surface area contributed by atoms with Crippen LogP contribution in [-0.2, 0) is 9.59 Å². The number of pyridine rings is 1. The average Bonchev–Trinajstić information content (AvgIpc) is 3.13. The minimum Gasteiger partial charge on any atom is -0.481 e. The number of hydrogen-bond acceptors (Lipinski definition) is 7. The van der Waals surface area contributed by atoms with E-state index >= 15 is 0 Å². The normalized spacial score (nSPS) is 14.7. The Balaban J connectivity index is 1.70. The van der Waals surface area contributed by atoms with Gasteiger partial charge < -0.3 is 9.84 Å². The van der Waals surface area contributed by atoms with Crippen molar-refractivity contribution in [3.05, 3.63) is 74.5 Å². The van der Waals surface area contributed by atoms with Crippen molar-refractivity contribution in [3.8, 4) is 11.6 Å². The summed E-state index contributed by atoms with van der Waals surface area (Å²) in [5, 5.41) is 8.80. The summed E-state index contributed by atoms with van der Waals surface area (Å²) in [6, 6.07) is 11.2. The van der Waals surface area contributed by atoms with Crippen molar-refractivity contribution in [1.82, 2.24) is 14.3 Å². The minimum atomic E-state index is -0.835. The molecule has 1 fully saturated rings. The molecule has 2 aromatic heterocycles. The summed E-state index contributed by atoms with van der Waals surface area (Å²) >= 11 is 6.57. The number of aliphatic carboxylic acids is 1. The van der Waals surface area contributed by atoms with Crippen LogP contribution in [0.5, 0.6) is 11.6 Å². The third kappa shape index (κ3) is 6.14. The Morgan fingerprint density at radius 2 is 1.97 bits per heavy atom. The third-order valence-electron chi connectivity index (χ3n) is 6.15. The van der Waals surface area contributed by atoms with Gasteiger partial charge in [0.1, 0.15) is 21.3 Å². The van der Waals surface area contributed by atoms with Gasteiger partial charge in [-0.2, -0.15) is 4.98 Å². The van der Waals surface area contributed by atoms with Crippen molar-refractivity contribution in [2.75, 3.05) is 6.54 Å². The fourth-order valence-electron chi connectivity index (χ4n) is 4.14. The predicted molar refractivity (Wildman–Crippen MR) is 153 cm³/mol. The summed E-state index contributed by atoms with van der Waals surface area (Å²) in [4.78, 5) is 43.9. The van der Waals surface area contributed by atoms with E-state index < -0.39 is 5.97 Å². The van der Waals surface area contributed by atoms with Crippen molar-refractivity contribution in [1.29, 1.82) is 0 Å². The summed E-state index contributed by atoms with van der Waals surface area (Å²) in [5.41, 5.74) is 2.21. The SMILES string of the molecule is Cc1ccc(C(C)C)c(Oc2nc3ccccn3c(=O)c2/C=C2/SC(=S)N(CCCCCC(=O)O)C2=O)c1. The largest absolute Gasteiger partial charge is 0.481 e. The number of thioether (sulfide) groups is 1. The van der Waals surface area contributed by atoms with Gasteiger partial charge in [-0.25, -0.2) is 0 Å². The first kappa shape index (κ1) is 27.5. The molecule has 38 heavy (non-hydrogen) atoms. The number of aromatic nitrogens is 2. The molecular formula is C28H29N3O5S2. The molecular weight excluding hydrogens is 522 g/mol. The van der Waals surface area contributed by atoms with Crippen LogP contribution in [0.25, 0.3) is 11.7 Å². The molecule has 0 unspecified atom stereocenters. The number of hydrogen-bond donors (Lipinski definition) is 1. The lowest BCUT2D eigenvalue weighted by Gasteiger charge is -2.16. The lowest BCUT2D eigenvalue weighted by atomic mass is 10.0. The number of amides is 1. The highest BCUT2D eigenvalue weighted by Crippen LogP contribution is 2.36. The van der Waals surface area contributed by atoms with Gasteiger partial charge in [0, 0.05) is 19.2 Å². The molecule has 3 aromatic rings. The number of ether oxygens (including phenoxy) is 1. The molecule has 1 aliphatic rings. The van der Waals surface area contributed by atoms with Crippen LogP contribution in [0.1, 0.15) is 62.1 Å². The van der Waals surface area contributed by atoms with Crippen LogP contribution in [0, 0.1) is 6.92 Å². The first-order valence-electron chi connectivity index (χ1n) is 12.4. The van der Waals surface area contributed by atoms with E-state index in [1.54, 1.807) is 24.4 Å². The molecule has 3 heterocycles. The number of fused-ring (bicyclic) bond motifs is 1. The average molecular weight is 552 g/mol. The summed E-state index contributed by atoms with van der Waals surface area (Å²) in [5.74, 6) is -0.219. The molecule has 1 saturated heterocycles. The number of benzene rings is 1. The van der Waals surface area contributed by atoms with E-state index in [1.807, 2.05) is 25.1 Å². The molecule has 1 amide bonds. The van der Waals surface area contributed by atoms with Crippen molar-refractivity contribution in [2.45, 2.75) is 52.4 Å². The van der Waals surface area contributed by atoms with Crippen LogP contribution in [-0.4, -0.2) is 42.1 Å². The van der Waals surface area contributed by atoms with E-state index in [9.17, 15) is 14.4 Å². The van der Waals surface area contributed by atoms with Crippen molar-refractivity contribution >= 4 is 51.9 Å². The Labute approximate surface area is 230 Å². The van der Waals surface area contributed by atoms with Gasteiger partial charge in [-0.05, 0) is 61.1 Å². The fraction of sp³-hybridized carbons (Fsp3) is 0.321. The maximum absolute atomic E-state index is 13.6. The number of carbonyl (C=O) groups excluding carboxylic acids is 1. The van der Waals surface area contributed by atoms with Gasteiger partial charge in [0.15, 0.2) is 0 Å². The highest BCUT2D eigenvalue weighted by molar-refractivity contribution is 8.26. The first-order valence-corrected chi connectivity index (χ1v) is 13.6. The molecule has 1 aromatic carbocycles. The summed E-state index contributed by atoms with van der Waals surface area (Å²) in [7, 11) is 0. The molecule has 198 valence electrons. The van der Waals surface area contributed by atoms with Crippen molar-refractivity contribution in [2.24, 2.45) is 0 Å². The number of rotatable bonds is 10. The Hall–Kier alpha value is -3.50. The summed E-state index contributed by atoms with van der Waals surface area (Å²) in [6.07, 6.45) is 5.08. The number of unbranched alkanes of at least 4 members (excludes halogenated alkanes) is 2. The van der Waals surface area contributed by atoms with Crippen LogP contribution in [0.2, 0.25) is 0 Å². The highest BCUT2D eigenvalue weighted by Gasteiger charge is 2.32. The first-order chi connectivity index (χ1) is 18.2. The predicted octanol–water partition coefficient (Wildman–Crippen LogP) is 5.76. The second kappa shape index (κ2) is 11.9. The molecule has 1 N–H and O–H groups in total. The van der Waals surface area contributed by atoms with Crippen LogP contribution in [0.4, 0.5) is 0 Å². The number of thiocarbonyl (C=S) groups is 1. The van der Waals surface area contributed by atoms with E-state index in [-0.39, 0.29) is 35.2 Å². The molecule has 0 radical (unpaired) electrons. The monoisotopic (exact) mass is 551 g/mol. The number of carbonyl (C=O) groups is 2. The second-order valence-electron chi connectivity index (χ2n) is 9.40. The van der Waals surface area contributed by atoms with Gasteiger partial charge in [-0.1, -0.05) is 62.4 Å². The number of nitrogens with zero attached hydrogens (tertiary/aromatic N) is 3. The lowest BCUT2D eigenvalue weighted by molar-refractivity contribution is -0.137. The van der Waals surface area contributed by atoms with Gasteiger partial charge in [-0.15, -0.1) is 0 Å². The maximum atomic E-state index is 13.6. The molecule has 0 bridgehead atoms. The van der Waals surface area contributed by atoms with Gasteiger partial charge in [0.05, 0.1) is 4.91 Å². The zero-order chi connectivity index (χ0) is 27.4. The number of carboxylic acids is 1. The molecule has 8 nitrogen and oxygen atoms in total. The van der Waals surface area contributed by atoms with Crippen LogP contribution >= 0.6 is 24.0 Å². The molecule has 10 heteroatoms. The van der Waals surface area contributed by atoms with Crippen molar-refractivity contribution in [3.63, 3.8) is 0 Å². The smallest absolute Gasteiger partial charge is 0.303 e. The summed E-state index contributed by atoms with van der Waals surface area (Å²) < 4.78 is 8.12.